The molecular formula is C23H25ClN4O4. The molecule has 5 rings (SSSR count). The van der Waals surface area contributed by atoms with Gasteiger partial charge in [0.15, 0.2) is 11.5 Å². The fourth-order valence-electron chi connectivity index (χ4n) is 4.36. The molecule has 3 amide bonds. The van der Waals surface area contributed by atoms with Crippen molar-refractivity contribution in [3.05, 3.63) is 47.5 Å². The van der Waals surface area contributed by atoms with Crippen molar-refractivity contribution < 1.29 is 19.1 Å². The summed E-state index contributed by atoms with van der Waals surface area (Å²) in [4.78, 5) is 31.1. The van der Waals surface area contributed by atoms with E-state index in [0.717, 1.165) is 24.5 Å². The summed E-state index contributed by atoms with van der Waals surface area (Å²) in [7, 11) is 0. The summed E-state index contributed by atoms with van der Waals surface area (Å²) in [6, 6.07) is 12.9. The second-order valence-corrected chi connectivity index (χ2v) is 8.57. The average Bonchev–Trinajstić information content (AvgIpc) is 3.18. The van der Waals surface area contributed by atoms with E-state index >= 15 is 0 Å². The molecule has 32 heavy (non-hydrogen) atoms. The number of carbonyl (C=O) groups is 2. The first-order chi connectivity index (χ1) is 15.6. The summed E-state index contributed by atoms with van der Waals surface area (Å²) in [5, 5.41) is 3.74. The average molecular weight is 457 g/mol. The minimum Gasteiger partial charge on any atom is -0.486 e. The van der Waals surface area contributed by atoms with Crippen molar-refractivity contribution in [2.45, 2.75) is 12.5 Å². The third-order valence-corrected chi connectivity index (χ3v) is 6.27. The Morgan fingerprint density at radius 2 is 1.75 bits per heavy atom. The normalized spacial score (nSPS) is 20.5. The van der Waals surface area contributed by atoms with E-state index in [9.17, 15) is 9.59 Å². The molecule has 0 saturated carbocycles. The summed E-state index contributed by atoms with van der Waals surface area (Å²) in [5.41, 5.74) is 1.82. The smallest absolute Gasteiger partial charge is 0.317 e. The zero-order valence-electron chi connectivity index (χ0n) is 17.6. The Kier molecular flexibility index (Phi) is 5.70. The SMILES string of the molecule is O=C(NC1CC(=O)N(c2ccc3c(c2)OCCO3)C1)N1CCN(c2cccc(Cl)c2)CC1. The van der Waals surface area contributed by atoms with Gasteiger partial charge in [-0.05, 0) is 30.3 Å². The van der Waals surface area contributed by atoms with Gasteiger partial charge in [-0.25, -0.2) is 4.79 Å². The number of amides is 3. The quantitative estimate of drug-likeness (QED) is 0.768. The second-order valence-electron chi connectivity index (χ2n) is 8.14. The predicted octanol–water partition coefficient (Wildman–Crippen LogP) is 2.75. The van der Waals surface area contributed by atoms with Crippen molar-refractivity contribution >= 4 is 34.9 Å². The highest BCUT2D eigenvalue weighted by Crippen LogP contribution is 2.35. The Labute approximate surface area is 191 Å². The standard InChI is InChI=1S/C23H25ClN4O4/c24-16-2-1-3-18(12-16)26-6-8-27(9-7-26)23(30)25-17-13-22(29)28(15-17)19-4-5-20-21(14-19)32-11-10-31-20/h1-5,12,14,17H,6-11,13,15H2,(H,25,30). The molecule has 3 heterocycles. The molecule has 0 radical (unpaired) electrons. The number of piperazine rings is 1. The largest absolute Gasteiger partial charge is 0.486 e. The Bertz CT molecular complexity index is 1020. The van der Waals surface area contributed by atoms with E-state index in [1.54, 1.807) is 9.80 Å². The lowest BCUT2D eigenvalue weighted by molar-refractivity contribution is -0.117. The van der Waals surface area contributed by atoms with Gasteiger partial charge >= 0.3 is 6.03 Å². The first-order valence-corrected chi connectivity index (χ1v) is 11.2. The van der Waals surface area contributed by atoms with E-state index in [1.165, 1.54) is 0 Å². The van der Waals surface area contributed by atoms with Crippen molar-refractivity contribution in [3.63, 3.8) is 0 Å². The Hall–Kier alpha value is -3.13. The zero-order valence-corrected chi connectivity index (χ0v) is 18.4. The van der Waals surface area contributed by atoms with E-state index < -0.39 is 0 Å². The highest BCUT2D eigenvalue weighted by Gasteiger charge is 2.33. The number of anilines is 2. The van der Waals surface area contributed by atoms with Gasteiger partial charge in [-0.3, -0.25) is 4.79 Å². The van der Waals surface area contributed by atoms with Crippen molar-refractivity contribution in [2.75, 3.05) is 55.7 Å². The third kappa shape index (κ3) is 4.27. The van der Waals surface area contributed by atoms with Gasteiger partial charge in [-0.1, -0.05) is 17.7 Å². The lowest BCUT2D eigenvalue weighted by atomic mass is 10.2. The lowest BCUT2D eigenvalue weighted by Gasteiger charge is -2.36. The Morgan fingerprint density at radius 3 is 2.53 bits per heavy atom. The van der Waals surface area contributed by atoms with E-state index in [0.29, 0.717) is 49.4 Å². The maximum atomic E-state index is 12.8. The van der Waals surface area contributed by atoms with E-state index in [-0.39, 0.29) is 24.4 Å². The lowest BCUT2D eigenvalue weighted by Crippen LogP contribution is -2.53. The molecule has 168 valence electrons. The highest BCUT2D eigenvalue weighted by atomic mass is 35.5. The molecule has 9 heteroatoms. The van der Waals surface area contributed by atoms with E-state index in [2.05, 4.69) is 10.2 Å². The summed E-state index contributed by atoms with van der Waals surface area (Å²) in [6.07, 6.45) is 0.280. The molecule has 0 aliphatic carbocycles. The minimum atomic E-state index is -0.228. The summed E-state index contributed by atoms with van der Waals surface area (Å²) < 4.78 is 11.2. The van der Waals surface area contributed by atoms with Crippen molar-refractivity contribution in [2.24, 2.45) is 0 Å². The van der Waals surface area contributed by atoms with Crippen LogP contribution in [-0.4, -0.2) is 68.8 Å². The molecule has 1 atom stereocenters. The van der Waals surface area contributed by atoms with Crippen LogP contribution in [0, 0.1) is 0 Å². The van der Waals surface area contributed by atoms with Gasteiger partial charge in [0, 0.05) is 61.6 Å². The maximum absolute atomic E-state index is 12.8. The molecule has 3 aliphatic heterocycles. The zero-order chi connectivity index (χ0) is 22.1. The van der Waals surface area contributed by atoms with E-state index in [1.807, 2.05) is 42.5 Å². The van der Waals surface area contributed by atoms with Gasteiger partial charge < -0.3 is 29.5 Å². The van der Waals surface area contributed by atoms with Crippen LogP contribution in [-0.2, 0) is 4.79 Å². The van der Waals surface area contributed by atoms with Crippen LogP contribution in [0.5, 0.6) is 11.5 Å². The minimum absolute atomic E-state index is 0.0160. The first kappa shape index (κ1) is 20.8. The molecule has 2 saturated heterocycles. The van der Waals surface area contributed by atoms with Crippen LogP contribution in [0.2, 0.25) is 5.02 Å². The van der Waals surface area contributed by atoms with Crippen LogP contribution < -0.4 is 24.6 Å². The third-order valence-electron chi connectivity index (χ3n) is 6.03. The van der Waals surface area contributed by atoms with Crippen molar-refractivity contribution in [1.29, 1.82) is 0 Å². The summed E-state index contributed by atoms with van der Waals surface area (Å²) >= 11 is 6.10. The number of fused-ring (bicyclic) bond motifs is 1. The van der Waals surface area contributed by atoms with Gasteiger partial charge in [-0.2, -0.15) is 0 Å². The Morgan fingerprint density at radius 1 is 0.969 bits per heavy atom. The number of hydrogen-bond acceptors (Lipinski definition) is 5. The second kappa shape index (κ2) is 8.78. The predicted molar refractivity (Wildman–Crippen MR) is 122 cm³/mol. The van der Waals surface area contributed by atoms with Crippen LogP contribution in [0.15, 0.2) is 42.5 Å². The number of nitrogens with zero attached hydrogens (tertiary/aromatic N) is 3. The van der Waals surface area contributed by atoms with Gasteiger partial charge in [0.2, 0.25) is 5.91 Å². The fraction of sp³-hybridized carbons (Fsp3) is 0.391. The first-order valence-electron chi connectivity index (χ1n) is 10.8. The molecule has 8 nitrogen and oxygen atoms in total. The number of hydrogen-bond donors (Lipinski definition) is 1. The van der Waals surface area contributed by atoms with Crippen molar-refractivity contribution in [1.82, 2.24) is 10.2 Å². The number of urea groups is 1. The summed E-state index contributed by atoms with van der Waals surface area (Å²) in [6.45, 7) is 4.16. The van der Waals surface area contributed by atoms with Gasteiger partial charge in [0.25, 0.3) is 0 Å². The number of benzene rings is 2. The fourth-order valence-corrected chi connectivity index (χ4v) is 4.54. The van der Waals surface area contributed by atoms with Gasteiger partial charge in [0.1, 0.15) is 13.2 Å². The van der Waals surface area contributed by atoms with Crippen LogP contribution >= 0.6 is 11.6 Å². The highest BCUT2D eigenvalue weighted by molar-refractivity contribution is 6.30. The number of halogens is 1. The van der Waals surface area contributed by atoms with Crippen LogP contribution in [0.1, 0.15) is 6.42 Å². The molecule has 1 unspecified atom stereocenters. The van der Waals surface area contributed by atoms with Gasteiger partial charge in [-0.15, -0.1) is 0 Å². The monoisotopic (exact) mass is 456 g/mol. The number of nitrogens with one attached hydrogen (secondary N) is 1. The maximum Gasteiger partial charge on any atom is 0.317 e. The molecule has 0 bridgehead atoms. The number of carbonyl (C=O) groups excluding carboxylic acids is 2. The molecule has 2 aromatic rings. The topological polar surface area (TPSA) is 74.3 Å². The molecule has 1 N–H and O–H groups in total. The Balaban J connectivity index is 1.16. The van der Waals surface area contributed by atoms with Gasteiger partial charge in [0.05, 0.1) is 6.04 Å². The van der Waals surface area contributed by atoms with Crippen molar-refractivity contribution in [3.8, 4) is 11.5 Å². The summed E-state index contributed by atoms with van der Waals surface area (Å²) in [5.74, 6) is 1.32. The van der Waals surface area contributed by atoms with E-state index in [4.69, 9.17) is 21.1 Å². The molecular weight excluding hydrogens is 432 g/mol. The van der Waals surface area contributed by atoms with Crippen LogP contribution in [0.4, 0.5) is 16.2 Å². The molecule has 0 aromatic heterocycles. The molecule has 2 fully saturated rings. The molecule has 3 aliphatic rings. The van der Waals surface area contributed by atoms with Crippen LogP contribution in [0.25, 0.3) is 0 Å². The molecule has 2 aromatic carbocycles. The molecule has 0 spiro atoms. The number of ether oxygens (including phenoxy) is 2. The van der Waals surface area contributed by atoms with Crippen LogP contribution in [0.3, 0.4) is 0 Å². The number of rotatable bonds is 3.